The summed E-state index contributed by atoms with van der Waals surface area (Å²) in [5, 5.41) is 17.0. The summed E-state index contributed by atoms with van der Waals surface area (Å²) >= 11 is 0. The third kappa shape index (κ3) is 2.54. The van der Waals surface area contributed by atoms with Gasteiger partial charge in [-0.1, -0.05) is 17.3 Å². The van der Waals surface area contributed by atoms with Crippen LogP contribution in [0.3, 0.4) is 0 Å². The molecule has 0 unspecified atom stereocenters. The number of nitrogens with zero attached hydrogens (tertiary/aromatic N) is 4. The van der Waals surface area contributed by atoms with Gasteiger partial charge in [-0.2, -0.15) is 0 Å². The fourth-order valence-corrected chi connectivity index (χ4v) is 2.54. The highest BCUT2D eigenvalue weighted by Gasteiger charge is 2.31. The van der Waals surface area contributed by atoms with Crippen LogP contribution in [0.25, 0.3) is 10.9 Å². The van der Waals surface area contributed by atoms with E-state index in [1.165, 1.54) is 4.90 Å². The summed E-state index contributed by atoms with van der Waals surface area (Å²) < 4.78 is 1.01. The monoisotopic (exact) mass is 302 g/mol. The van der Waals surface area contributed by atoms with E-state index in [-0.39, 0.29) is 24.6 Å². The molecule has 1 atom stereocenters. The van der Waals surface area contributed by atoms with Crippen molar-refractivity contribution in [3.05, 3.63) is 34.6 Å². The Hall–Kier alpha value is -2.77. The number of carboxylic acids is 1. The highest BCUT2D eigenvalue weighted by Crippen LogP contribution is 2.16. The van der Waals surface area contributed by atoms with E-state index in [1.54, 1.807) is 24.3 Å². The van der Waals surface area contributed by atoms with E-state index < -0.39 is 11.9 Å². The van der Waals surface area contributed by atoms with Gasteiger partial charge in [-0.3, -0.25) is 14.4 Å². The van der Waals surface area contributed by atoms with Crippen LogP contribution in [0, 0.1) is 5.92 Å². The van der Waals surface area contributed by atoms with Crippen LogP contribution >= 0.6 is 0 Å². The molecule has 22 heavy (non-hydrogen) atoms. The maximum atomic E-state index is 12.2. The van der Waals surface area contributed by atoms with E-state index in [1.807, 2.05) is 0 Å². The number of hydrogen-bond donors (Lipinski definition) is 1. The Kier molecular flexibility index (Phi) is 3.58. The fraction of sp³-hybridized carbons (Fsp3) is 0.357. The summed E-state index contributed by atoms with van der Waals surface area (Å²) in [6.45, 7) is 0.318. The minimum absolute atomic E-state index is 0.171. The van der Waals surface area contributed by atoms with Crippen molar-refractivity contribution in [2.75, 3.05) is 13.1 Å². The molecule has 1 aliphatic rings. The third-order valence-electron chi connectivity index (χ3n) is 3.80. The Morgan fingerprint density at radius 1 is 1.32 bits per heavy atom. The van der Waals surface area contributed by atoms with Crippen molar-refractivity contribution in [3.8, 4) is 0 Å². The normalized spacial score (nSPS) is 17.8. The van der Waals surface area contributed by atoms with Crippen molar-refractivity contribution in [2.24, 2.45) is 5.92 Å². The molecule has 1 saturated heterocycles. The van der Waals surface area contributed by atoms with E-state index >= 15 is 0 Å². The molecule has 0 spiro atoms. The van der Waals surface area contributed by atoms with Crippen LogP contribution in [0.1, 0.15) is 6.42 Å². The lowest BCUT2D eigenvalue weighted by atomic mass is 10.1. The van der Waals surface area contributed by atoms with Gasteiger partial charge in [-0.15, -0.1) is 5.10 Å². The maximum absolute atomic E-state index is 12.2. The third-order valence-corrected chi connectivity index (χ3v) is 3.80. The molecule has 2 heterocycles. The zero-order valence-electron chi connectivity index (χ0n) is 11.7. The van der Waals surface area contributed by atoms with Crippen LogP contribution in [0.5, 0.6) is 0 Å². The van der Waals surface area contributed by atoms with Crippen LogP contribution in [0.4, 0.5) is 0 Å². The molecule has 0 bridgehead atoms. The van der Waals surface area contributed by atoms with Gasteiger partial charge in [0, 0.05) is 13.1 Å². The molecular weight excluding hydrogens is 288 g/mol. The first kappa shape index (κ1) is 14.2. The summed E-state index contributed by atoms with van der Waals surface area (Å²) in [5.74, 6) is -1.77. The second kappa shape index (κ2) is 5.55. The van der Waals surface area contributed by atoms with Gasteiger partial charge in [-0.25, -0.2) is 4.68 Å². The first-order chi connectivity index (χ1) is 10.6. The lowest BCUT2D eigenvalue weighted by Gasteiger charge is -2.15. The van der Waals surface area contributed by atoms with Crippen LogP contribution in [-0.4, -0.2) is 50.0 Å². The van der Waals surface area contributed by atoms with Crippen molar-refractivity contribution >= 4 is 22.8 Å². The number of fused-ring (bicyclic) bond motifs is 1. The summed E-state index contributed by atoms with van der Waals surface area (Å²) in [6, 6.07) is 6.77. The van der Waals surface area contributed by atoms with Crippen LogP contribution in [0.15, 0.2) is 29.1 Å². The number of carboxylic acid groups (broad SMARTS) is 1. The summed E-state index contributed by atoms with van der Waals surface area (Å²) in [5.41, 5.74) is 0.0937. The predicted octanol–water partition coefficient (Wildman–Crippen LogP) is -0.275. The first-order valence-corrected chi connectivity index (χ1v) is 6.89. The quantitative estimate of drug-likeness (QED) is 0.836. The molecule has 114 valence electrons. The smallest absolute Gasteiger partial charge is 0.308 e. The zero-order valence-corrected chi connectivity index (χ0v) is 11.7. The molecule has 8 nitrogen and oxygen atoms in total. The summed E-state index contributed by atoms with van der Waals surface area (Å²) in [6.07, 6.45) is 0.430. The number of carbonyl (C=O) groups excluding carboxylic acids is 1. The van der Waals surface area contributed by atoms with E-state index in [2.05, 4.69) is 10.3 Å². The molecule has 1 aromatic heterocycles. The minimum Gasteiger partial charge on any atom is -0.481 e. The molecule has 0 aliphatic carbocycles. The zero-order chi connectivity index (χ0) is 15.7. The second-order valence-corrected chi connectivity index (χ2v) is 5.23. The highest BCUT2D eigenvalue weighted by atomic mass is 16.4. The Bertz CT molecular complexity index is 801. The van der Waals surface area contributed by atoms with Gasteiger partial charge in [-0.05, 0) is 18.6 Å². The van der Waals surface area contributed by atoms with Crippen LogP contribution in [0.2, 0.25) is 0 Å². The van der Waals surface area contributed by atoms with Crippen molar-refractivity contribution in [1.29, 1.82) is 0 Å². The van der Waals surface area contributed by atoms with E-state index in [0.29, 0.717) is 23.9 Å². The topological polar surface area (TPSA) is 105 Å². The fourth-order valence-electron chi connectivity index (χ4n) is 2.54. The molecule has 0 radical (unpaired) electrons. The molecule has 1 fully saturated rings. The van der Waals surface area contributed by atoms with Gasteiger partial charge >= 0.3 is 5.97 Å². The number of aliphatic carboxylic acids is 1. The summed E-state index contributed by atoms with van der Waals surface area (Å²) in [4.78, 5) is 36.8. The van der Waals surface area contributed by atoms with Crippen molar-refractivity contribution in [1.82, 2.24) is 19.9 Å². The second-order valence-electron chi connectivity index (χ2n) is 5.23. The van der Waals surface area contributed by atoms with E-state index in [9.17, 15) is 14.4 Å². The molecule has 1 aliphatic heterocycles. The Balaban J connectivity index is 1.79. The van der Waals surface area contributed by atoms with Gasteiger partial charge in [0.1, 0.15) is 12.1 Å². The average molecular weight is 302 g/mol. The number of benzene rings is 1. The number of hydrogen-bond acceptors (Lipinski definition) is 5. The van der Waals surface area contributed by atoms with Gasteiger partial charge in [0.15, 0.2) is 0 Å². The van der Waals surface area contributed by atoms with Crippen molar-refractivity contribution in [2.45, 2.75) is 13.0 Å². The number of carbonyl (C=O) groups is 2. The van der Waals surface area contributed by atoms with E-state index in [4.69, 9.17) is 5.11 Å². The molecule has 0 saturated carbocycles. The number of likely N-dealkylation sites (tertiary alicyclic amines) is 1. The number of rotatable bonds is 3. The lowest BCUT2D eigenvalue weighted by molar-refractivity contribution is -0.141. The Morgan fingerprint density at radius 2 is 2.09 bits per heavy atom. The molecule has 1 amide bonds. The van der Waals surface area contributed by atoms with Gasteiger partial charge in [0.25, 0.3) is 5.56 Å². The predicted molar refractivity (Wildman–Crippen MR) is 76.1 cm³/mol. The van der Waals surface area contributed by atoms with Gasteiger partial charge in [0.05, 0.1) is 11.3 Å². The van der Waals surface area contributed by atoms with Crippen molar-refractivity contribution < 1.29 is 14.7 Å². The first-order valence-electron chi connectivity index (χ1n) is 6.89. The molecule has 1 aromatic carbocycles. The number of amides is 1. The molecule has 2 aromatic rings. The lowest BCUT2D eigenvalue weighted by Crippen LogP contribution is -2.37. The molecule has 8 heteroatoms. The Morgan fingerprint density at radius 3 is 2.82 bits per heavy atom. The Labute approximate surface area is 125 Å². The van der Waals surface area contributed by atoms with E-state index in [0.717, 1.165) is 4.68 Å². The average Bonchev–Trinajstić information content (AvgIpc) is 3.00. The molecular formula is C14H14N4O4. The maximum Gasteiger partial charge on any atom is 0.308 e. The minimum atomic E-state index is -0.905. The van der Waals surface area contributed by atoms with Gasteiger partial charge < -0.3 is 10.0 Å². The van der Waals surface area contributed by atoms with Crippen LogP contribution in [-0.2, 0) is 16.1 Å². The molecule has 1 N–H and O–H groups in total. The standard InChI is InChI=1S/C14H14N4O4/c19-12(17-6-5-9(7-17)14(21)22)8-18-13(20)10-3-1-2-4-11(10)15-16-18/h1-4,9H,5-8H2,(H,21,22)/t9-/m0/s1. The van der Waals surface area contributed by atoms with Gasteiger partial charge in [0.2, 0.25) is 5.91 Å². The highest BCUT2D eigenvalue weighted by molar-refractivity contribution is 5.79. The van der Waals surface area contributed by atoms with Crippen molar-refractivity contribution in [3.63, 3.8) is 0 Å². The van der Waals surface area contributed by atoms with Crippen LogP contribution < -0.4 is 5.56 Å². The summed E-state index contributed by atoms with van der Waals surface area (Å²) in [7, 11) is 0. The molecule has 3 rings (SSSR count). The SMILES string of the molecule is O=C(O)[C@H]1CCN(C(=O)Cn2nnc3ccccc3c2=O)C1. The number of aromatic nitrogens is 3. The largest absolute Gasteiger partial charge is 0.481 e.